The number of hydrogen-bond acceptors (Lipinski definition) is 0. The molecular weight excluding hydrogens is 96.1 g/mol. The molecule has 0 spiro atoms. The third-order valence-corrected chi connectivity index (χ3v) is 0.806. The van der Waals surface area contributed by atoms with Crippen LogP contribution in [0.3, 0.4) is 0 Å². The highest BCUT2D eigenvalue weighted by molar-refractivity contribution is 4.99. The number of allylic oxidation sites excluding steroid dienone is 3. The lowest BCUT2D eigenvalue weighted by Gasteiger charge is -1.77. The highest BCUT2D eigenvalue weighted by Crippen LogP contribution is 1.87. The minimum Gasteiger partial charge on any atom is -0.129 e. The molecule has 0 bridgehead atoms. The lowest BCUT2D eigenvalue weighted by molar-refractivity contribution is 0.959. The van der Waals surface area contributed by atoms with E-state index >= 15 is 0 Å². The molecule has 0 aromatic rings. The van der Waals surface area contributed by atoms with Gasteiger partial charge in [0, 0.05) is 0 Å². The predicted octanol–water partition coefficient (Wildman–Crippen LogP) is 2.68. The number of unbranched alkanes of at least 4 members (excludes halogenated alkanes) is 1. The van der Waals surface area contributed by atoms with Gasteiger partial charge in [0.2, 0.25) is 0 Å². The molecule has 0 aliphatic heterocycles. The molecule has 0 saturated carbocycles. The van der Waals surface area contributed by atoms with Gasteiger partial charge in [0.05, 0.1) is 0 Å². The third kappa shape index (κ3) is 5.26. The monoisotopic (exact) mass is 108 g/mol. The summed E-state index contributed by atoms with van der Waals surface area (Å²) in [6.45, 7) is 5.58. The molecule has 0 aliphatic rings. The summed E-state index contributed by atoms with van der Waals surface area (Å²) in [6, 6.07) is 0. The second-order valence-electron chi connectivity index (χ2n) is 1.59. The van der Waals surface area contributed by atoms with Crippen molar-refractivity contribution in [2.45, 2.75) is 19.8 Å². The Hall–Kier alpha value is -0.740. The summed E-state index contributed by atoms with van der Waals surface area (Å²) in [4.78, 5) is 0. The summed E-state index contributed by atoms with van der Waals surface area (Å²) in [5.41, 5.74) is 2.66. The van der Waals surface area contributed by atoms with Gasteiger partial charge in [-0.25, -0.2) is 0 Å². The van der Waals surface area contributed by atoms with E-state index in [-0.39, 0.29) is 0 Å². The topological polar surface area (TPSA) is 0 Å². The van der Waals surface area contributed by atoms with Crippen molar-refractivity contribution in [1.29, 1.82) is 0 Å². The van der Waals surface area contributed by atoms with Gasteiger partial charge in [-0.3, -0.25) is 0 Å². The fourth-order valence-corrected chi connectivity index (χ4v) is 0.399. The SMILES string of the molecule is C=C=CC=CCCC. The van der Waals surface area contributed by atoms with Gasteiger partial charge in [0.15, 0.2) is 0 Å². The van der Waals surface area contributed by atoms with Crippen LogP contribution in [-0.4, -0.2) is 0 Å². The molecule has 8 heavy (non-hydrogen) atoms. The molecule has 0 nitrogen and oxygen atoms in total. The Morgan fingerprint density at radius 2 is 2.38 bits per heavy atom. The Balaban J connectivity index is 3.20. The summed E-state index contributed by atoms with van der Waals surface area (Å²) in [5, 5.41) is 0. The van der Waals surface area contributed by atoms with Crippen LogP contribution >= 0.6 is 0 Å². The van der Waals surface area contributed by atoms with Crippen LogP contribution in [0.4, 0.5) is 0 Å². The van der Waals surface area contributed by atoms with E-state index in [0.717, 1.165) is 6.42 Å². The number of hydrogen-bond donors (Lipinski definition) is 0. The van der Waals surface area contributed by atoms with Crippen LogP contribution < -0.4 is 0 Å². The maximum absolute atomic E-state index is 3.43. The fraction of sp³-hybridized carbons (Fsp3) is 0.375. The van der Waals surface area contributed by atoms with Crippen LogP contribution in [-0.2, 0) is 0 Å². The molecule has 0 amide bonds. The zero-order valence-electron chi connectivity index (χ0n) is 5.35. The zero-order chi connectivity index (χ0) is 6.24. The molecule has 0 aromatic carbocycles. The van der Waals surface area contributed by atoms with Crippen molar-refractivity contribution >= 4 is 0 Å². The van der Waals surface area contributed by atoms with E-state index in [0.29, 0.717) is 0 Å². The summed E-state index contributed by atoms with van der Waals surface area (Å²) in [7, 11) is 0. The lowest BCUT2D eigenvalue weighted by atomic mass is 10.3. The van der Waals surface area contributed by atoms with Crippen LogP contribution in [0, 0.1) is 0 Å². The Morgan fingerprint density at radius 3 is 2.88 bits per heavy atom. The average Bonchev–Trinajstić information content (AvgIpc) is 1.81. The maximum Gasteiger partial charge on any atom is -0.0209 e. The molecule has 0 saturated heterocycles. The molecule has 0 radical (unpaired) electrons. The van der Waals surface area contributed by atoms with Crippen molar-refractivity contribution in [3.8, 4) is 0 Å². The van der Waals surface area contributed by atoms with E-state index in [1.165, 1.54) is 6.42 Å². The number of rotatable bonds is 3. The molecule has 0 heteroatoms. The average molecular weight is 108 g/mol. The molecule has 0 rings (SSSR count). The molecule has 0 N–H and O–H groups in total. The van der Waals surface area contributed by atoms with Crippen molar-refractivity contribution < 1.29 is 0 Å². The maximum atomic E-state index is 3.43. The first-order chi connectivity index (χ1) is 3.91. The highest BCUT2D eigenvalue weighted by atomic mass is 13.7. The molecule has 0 unspecified atom stereocenters. The molecule has 0 fully saturated rings. The lowest BCUT2D eigenvalue weighted by Crippen LogP contribution is -1.57. The predicted molar refractivity (Wildman–Crippen MR) is 37.8 cm³/mol. The van der Waals surface area contributed by atoms with E-state index in [1.54, 1.807) is 0 Å². The van der Waals surface area contributed by atoms with Gasteiger partial charge in [0.1, 0.15) is 0 Å². The van der Waals surface area contributed by atoms with Crippen LogP contribution in [0.15, 0.2) is 30.5 Å². The zero-order valence-corrected chi connectivity index (χ0v) is 5.35. The summed E-state index contributed by atoms with van der Waals surface area (Å²) >= 11 is 0. The molecule has 0 aromatic heterocycles. The van der Waals surface area contributed by atoms with E-state index in [9.17, 15) is 0 Å². The van der Waals surface area contributed by atoms with Gasteiger partial charge in [-0.05, 0) is 12.5 Å². The molecular formula is C8H12. The molecule has 0 heterocycles. The largest absolute Gasteiger partial charge is 0.129 e. The first-order valence-electron chi connectivity index (χ1n) is 2.92. The summed E-state index contributed by atoms with van der Waals surface area (Å²) in [5.74, 6) is 0. The second-order valence-corrected chi connectivity index (χ2v) is 1.59. The molecule has 44 valence electrons. The standard InChI is InChI=1S/C8H12/c1-3-5-7-8-6-4-2/h5,7-8H,1,4,6H2,2H3. The quantitative estimate of drug-likeness (QED) is 0.385. The van der Waals surface area contributed by atoms with E-state index in [2.05, 4.69) is 25.3 Å². The van der Waals surface area contributed by atoms with Crippen LogP contribution in [0.5, 0.6) is 0 Å². The smallest absolute Gasteiger partial charge is 0.0209 e. The Labute approximate surface area is 51.2 Å². The van der Waals surface area contributed by atoms with E-state index in [4.69, 9.17) is 0 Å². The minimum atomic E-state index is 1.15. The van der Waals surface area contributed by atoms with Crippen LogP contribution in [0.25, 0.3) is 0 Å². The first-order valence-corrected chi connectivity index (χ1v) is 2.92. The van der Waals surface area contributed by atoms with Crippen molar-refractivity contribution in [2.24, 2.45) is 0 Å². The fourth-order valence-electron chi connectivity index (χ4n) is 0.399. The van der Waals surface area contributed by atoms with Gasteiger partial charge < -0.3 is 0 Å². The van der Waals surface area contributed by atoms with Gasteiger partial charge in [-0.1, -0.05) is 32.1 Å². The van der Waals surface area contributed by atoms with Crippen molar-refractivity contribution in [1.82, 2.24) is 0 Å². The van der Waals surface area contributed by atoms with Crippen molar-refractivity contribution in [3.63, 3.8) is 0 Å². The Morgan fingerprint density at radius 1 is 1.62 bits per heavy atom. The Bertz CT molecular complexity index is 103. The van der Waals surface area contributed by atoms with Gasteiger partial charge in [0.25, 0.3) is 0 Å². The second kappa shape index (κ2) is 6.26. The van der Waals surface area contributed by atoms with E-state index in [1.807, 2.05) is 12.2 Å². The van der Waals surface area contributed by atoms with Crippen LogP contribution in [0.1, 0.15) is 19.8 Å². The van der Waals surface area contributed by atoms with Gasteiger partial charge >= 0.3 is 0 Å². The molecule has 0 atom stereocenters. The summed E-state index contributed by atoms with van der Waals surface area (Å²) in [6.07, 6.45) is 8.25. The van der Waals surface area contributed by atoms with Crippen molar-refractivity contribution in [3.05, 3.63) is 30.5 Å². The van der Waals surface area contributed by atoms with Crippen LogP contribution in [0.2, 0.25) is 0 Å². The summed E-state index contributed by atoms with van der Waals surface area (Å²) < 4.78 is 0. The van der Waals surface area contributed by atoms with Gasteiger partial charge in [-0.2, -0.15) is 0 Å². The Kier molecular flexibility index (Phi) is 5.68. The van der Waals surface area contributed by atoms with E-state index < -0.39 is 0 Å². The minimum absolute atomic E-state index is 1.15. The van der Waals surface area contributed by atoms with Gasteiger partial charge in [-0.15, -0.1) is 5.73 Å². The highest BCUT2D eigenvalue weighted by Gasteiger charge is 1.66. The third-order valence-electron chi connectivity index (χ3n) is 0.806. The molecule has 0 aliphatic carbocycles. The van der Waals surface area contributed by atoms with Crippen molar-refractivity contribution in [2.75, 3.05) is 0 Å². The first kappa shape index (κ1) is 7.26. The normalized spacial score (nSPS) is 9.12.